The average Bonchev–Trinajstić information content (AvgIpc) is 3.07. The second-order valence-electron chi connectivity index (χ2n) is 4.38. The Balaban J connectivity index is 2.37. The summed E-state index contributed by atoms with van der Waals surface area (Å²) in [4.78, 5) is -0.329. The molecule has 0 atom stereocenters. The van der Waals surface area contributed by atoms with E-state index in [1.807, 2.05) is 0 Å². The van der Waals surface area contributed by atoms with Gasteiger partial charge in [0.1, 0.15) is 17.2 Å². The highest BCUT2D eigenvalue weighted by atomic mass is 79.9. The third kappa shape index (κ3) is 3.49. The minimum absolute atomic E-state index is 0.0726. The van der Waals surface area contributed by atoms with Crippen LogP contribution in [0.2, 0.25) is 0 Å². The highest BCUT2D eigenvalue weighted by Gasteiger charge is 2.45. The molecule has 0 unspecified atom stereocenters. The molecule has 4 nitrogen and oxygen atoms in total. The lowest BCUT2D eigenvalue weighted by molar-refractivity contribution is -0.137. The van der Waals surface area contributed by atoms with Crippen LogP contribution in [0.5, 0.6) is 0 Å². The van der Waals surface area contributed by atoms with Crippen molar-refractivity contribution in [3.63, 3.8) is 0 Å². The maximum atomic E-state index is 12.5. The van der Waals surface area contributed by atoms with Gasteiger partial charge in [-0.05, 0) is 28.8 Å². The largest absolute Gasteiger partial charge is 0.452 e. The summed E-state index contributed by atoms with van der Waals surface area (Å²) in [6.45, 7) is -1.51. The van der Waals surface area contributed by atoms with E-state index in [1.165, 1.54) is 0 Å². The molecule has 20 heavy (non-hydrogen) atoms. The van der Waals surface area contributed by atoms with Gasteiger partial charge in [0, 0.05) is 12.1 Å². The summed E-state index contributed by atoms with van der Waals surface area (Å²) >= 11 is 8.42. The van der Waals surface area contributed by atoms with Crippen LogP contribution in [-0.4, -0.2) is 31.5 Å². The molecule has 0 bridgehead atoms. The maximum absolute atomic E-state index is 12.5. The molecule has 0 N–H and O–H groups in total. The van der Waals surface area contributed by atoms with Crippen LogP contribution in [-0.2, 0) is 15.9 Å². The van der Waals surface area contributed by atoms with Gasteiger partial charge in [0.05, 0.1) is 5.88 Å². The lowest BCUT2D eigenvalue weighted by Gasteiger charge is -2.22. The van der Waals surface area contributed by atoms with Gasteiger partial charge >= 0.3 is 6.18 Å². The van der Waals surface area contributed by atoms with Crippen LogP contribution >= 0.6 is 27.5 Å². The molecule has 2 rings (SSSR count). The van der Waals surface area contributed by atoms with Gasteiger partial charge in [-0.1, -0.05) is 0 Å². The first-order valence-corrected chi connectivity index (χ1v) is 8.34. The van der Waals surface area contributed by atoms with Gasteiger partial charge in [0.25, 0.3) is 0 Å². The van der Waals surface area contributed by atoms with Gasteiger partial charge in [0.15, 0.2) is 4.67 Å². The molecule has 1 aromatic rings. The monoisotopic (exact) mass is 395 g/mol. The molecule has 10 heteroatoms. The van der Waals surface area contributed by atoms with Gasteiger partial charge in [-0.3, -0.25) is 0 Å². The Morgan fingerprint density at radius 3 is 2.45 bits per heavy atom. The molecule has 0 saturated heterocycles. The zero-order chi connectivity index (χ0) is 15.1. The molecule has 1 fully saturated rings. The molecule has 114 valence electrons. The SMILES string of the molecule is O=S(=O)(c1cc(CCl)oc1Br)N(CC(F)(F)F)C1CC1. The molecule has 0 radical (unpaired) electrons. The molecule has 0 amide bonds. The third-order valence-corrected chi connectivity index (χ3v) is 5.73. The minimum Gasteiger partial charge on any atom is -0.452 e. The number of sulfonamides is 1. The lowest BCUT2D eigenvalue weighted by Crippen LogP contribution is -2.40. The maximum Gasteiger partial charge on any atom is 0.402 e. The number of rotatable bonds is 5. The normalized spacial score (nSPS) is 16.9. The Bertz CT molecular complexity index is 597. The molecule has 1 aliphatic carbocycles. The lowest BCUT2D eigenvalue weighted by atomic mass is 10.5. The number of hydrogen-bond donors (Lipinski definition) is 0. The first-order valence-electron chi connectivity index (χ1n) is 5.58. The van der Waals surface area contributed by atoms with Gasteiger partial charge < -0.3 is 4.42 Å². The van der Waals surface area contributed by atoms with E-state index in [1.54, 1.807) is 0 Å². The van der Waals surface area contributed by atoms with Crippen molar-refractivity contribution in [1.29, 1.82) is 0 Å². The van der Waals surface area contributed by atoms with Crippen LogP contribution in [0, 0.1) is 0 Å². The van der Waals surface area contributed by atoms with Crippen molar-refractivity contribution in [2.24, 2.45) is 0 Å². The Hall–Kier alpha value is -0.250. The van der Waals surface area contributed by atoms with Gasteiger partial charge in [-0.15, -0.1) is 11.6 Å². The Morgan fingerprint density at radius 2 is 2.05 bits per heavy atom. The van der Waals surface area contributed by atoms with E-state index in [0.717, 1.165) is 6.07 Å². The summed E-state index contributed by atoms with van der Waals surface area (Å²) in [5.41, 5.74) is 0. The van der Waals surface area contributed by atoms with Crippen molar-refractivity contribution in [3.05, 3.63) is 16.5 Å². The summed E-state index contributed by atoms with van der Waals surface area (Å²) in [7, 11) is -4.28. The molecule has 0 spiro atoms. The quantitative estimate of drug-likeness (QED) is 0.716. The van der Waals surface area contributed by atoms with E-state index in [-0.39, 0.29) is 21.2 Å². The van der Waals surface area contributed by atoms with Crippen LogP contribution < -0.4 is 0 Å². The predicted molar refractivity (Wildman–Crippen MR) is 68.9 cm³/mol. The molecule has 1 heterocycles. The van der Waals surface area contributed by atoms with Crippen LogP contribution in [0.3, 0.4) is 0 Å². The molecule has 0 aromatic carbocycles. The summed E-state index contributed by atoms with van der Waals surface area (Å²) in [6, 6.07) is 0.529. The van der Waals surface area contributed by atoms with Gasteiger partial charge in [-0.25, -0.2) is 8.42 Å². The van der Waals surface area contributed by atoms with E-state index in [9.17, 15) is 21.6 Å². The van der Waals surface area contributed by atoms with Crippen LogP contribution in [0.4, 0.5) is 13.2 Å². The van der Waals surface area contributed by atoms with Crippen LogP contribution in [0.25, 0.3) is 0 Å². The Kier molecular flexibility index (Phi) is 4.44. The highest BCUT2D eigenvalue weighted by molar-refractivity contribution is 9.10. The average molecular weight is 397 g/mol. The van der Waals surface area contributed by atoms with Crippen molar-refractivity contribution in [2.75, 3.05) is 6.54 Å². The van der Waals surface area contributed by atoms with E-state index < -0.39 is 28.8 Å². The smallest absolute Gasteiger partial charge is 0.402 e. The van der Waals surface area contributed by atoms with E-state index >= 15 is 0 Å². The fraction of sp³-hybridized carbons (Fsp3) is 0.600. The van der Waals surface area contributed by atoms with Crippen molar-refractivity contribution in [3.8, 4) is 0 Å². The number of hydrogen-bond acceptors (Lipinski definition) is 3. The third-order valence-electron chi connectivity index (χ3n) is 2.71. The van der Waals surface area contributed by atoms with E-state index in [2.05, 4.69) is 15.9 Å². The first-order chi connectivity index (χ1) is 9.15. The highest BCUT2D eigenvalue weighted by Crippen LogP contribution is 2.37. The number of furan rings is 1. The predicted octanol–water partition coefficient (Wildman–Crippen LogP) is 3.50. The second-order valence-corrected chi connectivity index (χ2v) is 7.23. The fourth-order valence-corrected chi connectivity index (χ4v) is 4.48. The van der Waals surface area contributed by atoms with E-state index in [0.29, 0.717) is 17.1 Å². The van der Waals surface area contributed by atoms with Gasteiger partial charge in [-0.2, -0.15) is 17.5 Å². The summed E-state index contributed by atoms with van der Waals surface area (Å²) < 4.78 is 67.7. The zero-order valence-electron chi connectivity index (χ0n) is 9.95. The van der Waals surface area contributed by atoms with Crippen molar-refractivity contribution in [2.45, 2.75) is 35.8 Å². The number of halogens is 5. The second kappa shape index (κ2) is 5.51. The minimum atomic E-state index is -4.60. The van der Waals surface area contributed by atoms with Crippen LogP contribution in [0.15, 0.2) is 20.0 Å². The summed E-state index contributed by atoms with van der Waals surface area (Å²) in [5.74, 6) is 0.0939. The Labute approximate surface area is 127 Å². The van der Waals surface area contributed by atoms with Gasteiger partial charge in [0.2, 0.25) is 10.0 Å². The molecule has 0 aliphatic heterocycles. The molecule has 1 saturated carbocycles. The molecule has 1 aromatic heterocycles. The standard InChI is InChI=1S/C10H10BrClF3NO3S/c11-9-8(3-7(4-12)19-9)20(17,18)16(6-1-2-6)5-10(13,14)15/h3,6H,1-2,4-5H2. The molecular formula is C10H10BrClF3NO3S. The zero-order valence-corrected chi connectivity index (χ0v) is 13.1. The number of nitrogens with zero attached hydrogens (tertiary/aromatic N) is 1. The van der Waals surface area contributed by atoms with Crippen molar-refractivity contribution in [1.82, 2.24) is 4.31 Å². The van der Waals surface area contributed by atoms with Crippen molar-refractivity contribution >= 4 is 37.6 Å². The summed E-state index contributed by atoms with van der Waals surface area (Å²) in [6.07, 6.45) is -3.75. The number of alkyl halides is 4. The Morgan fingerprint density at radius 1 is 1.45 bits per heavy atom. The summed E-state index contributed by atoms with van der Waals surface area (Å²) in [5, 5.41) is 0. The molecular weight excluding hydrogens is 387 g/mol. The van der Waals surface area contributed by atoms with Crippen LogP contribution in [0.1, 0.15) is 18.6 Å². The van der Waals surface area contributed by atoms with Crippen molar-refractivity contribution < 1.29 is 26.0 Å². The topological polar surface area (TPSA) is 50.5 Å². The molecule has 1 aliphatic rings. The van der Waals surface area contributed by atoms with E-state index in [4.69, 9.17) is 16.0 Å². The fourth-order valence-electron chi connectivity index (χ4n) is 1.72. The first kappa shape index (κ1) is 16.1.